The van der Waals surface area contributed by atoms with Crippen LogP contribution in [-0.4, -0.2) is 6.03 Å². The van der Waals surface area contributed by atoms with Crippen molar-refractivity contribution in [1.82, 2.24) is 10.6 Å². The minimum atomic E-state index is -0.165. The number of carbonyl (C=O) groups is 1. The molecule has 0 spiro atoms. The van der Waals surface area contributed by atoms with Gasteiger partial charge in [0.15, 0.2) is 0 Å². The van der Waals surface area contributed by atoms with E-state index in [0.717, 1.165) is 15.6 Å². The molecule has 2 unspecified atom stereocenters. The molecule has 0 aliphatic heterocycles. The van der Waals surface area contributed by atoms with Crippen LogP contribution in [0.1, 0.15) is 37.1 Å². The van der Waals surface area contributed by atoms with Gasteiger partial charge >= 0.3 is 6.03 Å². The van der Waals surface area contributed by atoms with Crippen LogP contribution >= 0.6 is 15.9 Å². The van der Waals surface area contributed by atoms with E-state index >= 15 is 0 Å². The van der Waals surface area contributed by atoms with Crippen LogP contribution < -0.4 is 10.6 Å². The molecule has 0 radical (unpaired) electrons. The quantitative estimate of drug-likeness (QED) is 0.836. The highest BCUT2D eigenvalue weighted by Crippen LogP contribution is 2.17. The van der Waals surface area contributed by atoms with E-state index in [2.05, 4.69) is 26.6 Å². The van der Waals surface area contributed by atoms with Gasteiger partial charge in [-0.2, -0.15) is 0 Å². The molecule has 4 heteroatoms. The number of urea groups is 1. The molecule has 2 aromatic rings. The largest absolute Gasteiger partial charge is 0.332 e. The van der Waals surface area contributed by atoms with Crippen LogP contribution in [0, 0.1) is 0 Å². The maximum atomic E-state index is 12.0. The van der Waals surface area contributed by atoms with Crippen molar-refractivity contribution < 1.29 is 4.79 Å². The van der Waals surface area contributed by atoms with Gasteiger partial charge in [0.25, 0.3) is 0 Å². The van der Waals surface area contributed by atoms with E-state index in [0.29, 0.717) is 0 Å². The third kappa shape index (κ3) is 4.60. The number of nitrogens with one attached hydrogen (secondary N) is 2. The lowest BCUT2D eigenvalue weighted by molar-refractivity contribution is 0.235. The average Bonchev–Trinajstić information content (AvgIpc) is 2.48. The Morgan fingerprint density at radius 3 is 1.86 bits per heavy atom. The van der Waals surface area contributed by atoms with E-state index in [1.165, 1.54) is 0 Å². The Morgan fingerprint density at radius 1 is 0.857 bits per heavy atom. The Bertz CT molecular complexity index is 583. The van der Waals surface area contributed by atoms with Gasteiger partial charge in [-0.15, -0.1) is 0 Å². The van der Waals surface area contributed by atoms with Crippen molar-refractivity contribution in [3.63, 3.8) is 0 Å². The minimum Gasteiger partial charge on any atom is -0.332 e. The Morgan fingerprint density at radius 2 is 1.33 bits per heavy atom. The monoisotopic (exact) mass is 346 g/mol. The average molecular weight is 347 g/mol. The van der Waals surface area contributed by atoms with Gasteiger partial charge in [-0.3, -0.25) is 0 Å². The molecule has 21 heavy (non-hydrogen) atoms. The number of amides is 2. The third-order valence-electron chi connectivity index (χ3n) is 3.36. The zero-order valence-corrected chi connectivity index (χ0v) is 13.7. The summed E-state index contributed by atoms with van der Waals surface area (Å²) in [7, 11) is 0. The Balaban J connectivity index is 1.91. The van der Waals surface area contributed by atoms with Crippen molar-refractivity contribution >= 4 is 22.0 Å². The minimum absolute atomic E-state index is 0.0247. The SMILES string of the molecule is CC(NC(=O)NC(C)c1ccc(Br)cc1)c1ccccc1. The first-order chi connectivity index (χ1) is 10.1. The molecule has 0 saturated carbocycles. The Kier molecular flexibility index (Phi) is 5.39. The van der Waals surface area contributed by atoms with Gasteiger partial charge < -0.3 is 10.6 Å². The lowest BCUT2D eigenvalue weighted by Gasteiger charge is -2.19. The second-order valence-corrected chi connectivity index (χ2v) is 5.94. The fourth-order valence-corrected chi connectivity index (χ4v) is 2.36. The van der Waals surface area contributed by atoms with E-state index in [1.807, 2.05) is 68.4 Å². The smallest absolute Gasteiger partial charge is 0.315 e. The fourth-order valence-electron chi connectivity index (χ4n) is 2.09. The van der Waals surface area contributed by atoms with Crippen LogP contribution in [-0.2, 0) is 0 Å². The van der Waals surface area contributed by atoms with Crippen LogP contribution in [0.5, 0.6) is 0 Å². The van der Waals surface area contributed by atoms with E-state index in [-0.39, 0.29) is 18.1 Å². The van der Waals surface area contributed by atoms with Gasteiger partial charge in [-0.1, -0.05) is 58.4 Å². The molecular weight excluding hydrogens is 328 g/mol. The molecule has 0 fully saturated rings. The summed E-state index contributed by atoms with van der Waals surface area (Å²) in [6, 6.07) is 17.6. The topological polar surface area (TPSA) is 41.1 Å². The lowest BCUT2D eigenvalue weighted by Crippen LogP contribution is -2.38. The highest BCUT2D eigenvalue weighted by atomic mass is 79.9. The second kappa shape index (κ2) is 7.27. The summed E-state index contributed by atoms with van der Waals surface area (Å²) in [6.45, 7) is 3.94. The number of hydrogen-bond donors (Lipinski definition) is 2. The summed E-state index contributed by atoms with van der Waals surface area (Å²) >= 11 is 3.40. The van der Waals surface area contributed by atoms with Crippen molar-refractivity contribution in [3.8, 4) is 0 Å². The predicted octanol–water partition coefficient (Wildman–Crippen LogP) is 4.57. The summed E-state index contributed by atoms with van der Waals surface area (Å²) < 4.78 is 1.03. The van der Waals surface area contributed by atoms with Crippen LogP contribution in [0.2, 0.25) is 0 Å². The van der Waals surface area contributed by atoms with Crippen molar-refractivity contribution in [3.05, 3.63) is 70.2 Å². The zero-order valence-electron chi connectivity index (χ0n) is 12.1. The molecule has 0 aromatic heterocycles. The Labute approximate surface area is 133 Å². The zero-order chi connectivity index (χ0) is 15.2. The van der Waals surface area contributed by atoms with E-state index < -0.39 is 0 Å². The van der Waals surface area contributed by atoms with Crippen LogP contribution in [0.3, 0.4) is 0 Å². The second-order valence-electron chi connectivity index (χ2n) is 5.02. The summed E-state index contributed by atoms with van der Waals surface area (Å²) in [5, 5.41) is 5.90. The first-order valence-electron chi connectivity index (χ1n) is 6.93. The molecule has 110 valence electrons. The maximum absolute atomic E-state index is 12.0. The first-order valence-corrected chi connectivity index (χ1v) is 7.73. The normalized spacial score (nSPS) is 13.3. The van der Waals surface area contributed by atoms with Gasteiger partial charge in [-0.05, 0) is 37.1 Å². The molecule has 2 aromatic carbocycles. The van der Waals surface area contributed by atoms with Crippen molar-refractivity contribution in [2.24, 2.45) is 0 Å². The molecular formula is C17H19BrN2O. The van der Waals surface area contributed by atoms with Gasteiger partial charge in [0.2, 0.25) is 0 Å². The standard InChI is InChI=1S/C17H19BrN2O/c1-12(14-6-4-3-5-7-14)19-17(21)20-13(2)15-8-10-16(18)11-9-15/h3-13H,1-2H3,(H2,19,20,21). The summed E-state index contributed by atoms with van der Waals surface area (Å²) in [6.07, 6.45) is 0. The molecule has 2 atom stereocenters. The molecule has 3 nitrogen and oxygen atoms in total. The number of benzene rings is 2. The molecule has 0 saturated heterocycles. The summed E-state index contributed by atoms with van der Waals surface area (Å²) in [5.74, 6) is 0. The van der Waals surface area contributed by atoms with Gasteiger partial charge in [0, 0.05) is 4.47 Å². The maximum Gasteiger partial charge on any atom is 0.315 e. The van der Waals surface area contributed by atoms with E-state index in [9.17, 15) is 4.79 Å². The van der Waals surface area contributed by atoms with Crippen LogP contribution in [0.25, 0.3) is 0 Å². The van der Waals surface area contributed by atoms with Crippen LogP contribution in [0.4, 0.5) is 4.79 Å². The molecule has 0 aliphatic carbocycles. The summed E-state index contributed by atoms with van der Waals surface area (Å²) in [5.41, 5.74) is 2.16. The lowest BCUT2D eigenvalue weighted by atomic mass is 10.1. The number of halogens is 1. The number of hydrogen-bond acceptors (Lipinski definition) is 1. The third-order valence-corrected chi connectivity index (χ3v) is 3.89. The van der Waals surface area contributed by atoms with Crippen molar-refractivity contribution in [1.29, 1.82) is 0 Å². The molecule has 0 heterocycles. The predicted molar refractivity (Wildman–Crippen MR) is 89.1 cm³/mol. The fraction of sp³-hybridized carbons (Fsp3) is 0.235. The Hall–Kier alpha value is -1.81. The van der Waals surface area contributed by atoms with Gasteiger partial charge in [-0.25, -0.2) is 4.79 Å². The van der Waals surface area contributed by atoms with Gasteiger partial charge in [0.05, 0.1) is 12.1 Å². The van der Waals surface area contributed by atoms with E-state index in [4.69, 9.17) is 0 Å². The van der Waals surface area contributed by atoms with E-state index in [1.54, 1.807) is 0 Å². The van der Waals surface area contributed by atoms with Crippen molar-refractivity contribution in [2.45, 2.75) is 25.9 Å². The number of rotatable bonds is 4. The van der Waals surface area contributed by atoms with Crippen molar-refractivity contribution in [2.75, 3.05) is 0 Å². The molecule has 2 rings (SSSR count). The number of carbonyl (C=O) groups excluding carboxylic acids is 1. The van der Waals surface area contributed by atoms with Gasteiger partial charge in [0.1, 0.15) is 0 Å². The molecule has 0 bridgehead atoms. The molecule has 2 N–H and O–H groups in total. The first kappa shape index (κ1) is 15.6. The highest BCUT2D eigenvalue weighted by Gasteiger charge is 2.12. The summed E-state index contributed by atoms with van der Waals surface area (Å²) in [4.78, 5) is 12.0. The molecule has 0 aliphatic rings. The molecule has 2 amide bonds. The van der Waals surface area contributed by atoms with Crippen LogP contribution in [0.15, 0.2) is 59.1 Å². The highest BCUT2D eigenvalue weighted by molar-refractivity contribution is 9.10.